The largest absolute Gasteiger partial charge is 0.489 e. The van der Waals surface area contributed by atoms with E-state index in [2.05, 4.69) is 39.8 Å². The number of amides is 2. The number of anilines is 1. The average Bonchev–Trinajstić information content (AvgIpc) is 3.10. The van der Waals surface area contributed by atoms with Gasteiger partial charge in [-0.3, -0.25) is 9.59 Å². The van der Waals surface area contributed by atoms with E-state index in [1.807, 2.05) is 42.5 Å². The Morgan fingerprint density at radius 1 is 1.09 bits per heavy atom. The molecule has 3 aromatic rings. The number of carbonyl (C=O) groups is 2. The van der Waals surface area contributed by atoms with E-state index in [1.165, 1.54) is 0 Å². The third-order valence-corrected chi connectivity index (χ3v) is 7.78. The molecule has 2 amide bonds. The summed E-state index contributed by atoms with van der Waals surface area (Å²) in [6, 6.07) is 17.8. The molecule has 0 unspecified atom stereocenters. The number of ether oxygens (including phenoxy) is 1. The van der Waals surface area contributed by atoms with Gasteiger partial charge < -0.3 is 15.4 Å². The number of fused-ring (bicyclic) bond motifs is 2. The molecule has 3 atom stereocenters. The quantitative estimate of drug-likeness (QED) is 0.257. The van der Waals surface area contributed by atoms with Crippen LogP contribution < -0.4 is 15.4 Å². The standard InChI is InChI=1S/C27H21Cl2IN2O3/c1-2-10-35-23-9-7-18(30)13-19(23)25-27(20-8-6-17(29)12-22(20)31-26(27)34)21(14-24(33)32-25)15-4-3-5-16(28)11-15/h2-9,11-13,21,25H,1,10,14H2,(H,31,34)(H,32,33)/t21-,25+,27-/m0/s1. The zero-order valence-electron chi connectivity index (χ0n) is 18.5. The molecule has 178 valence electrons. The zero-order chi connectivity index (χ0) is 24.7. The number of benzene rings is 3. The predicted molar refractivity (Wildman–Crippen MR) is 146 cm³/mol. The van der Waals surface area contributed by atoms with Crippen LogP contribution in [0.2, 0.25) is 10.0 Å². The maximum atomic E-state index is 14.1. The van der Waals surface area contributed by atoms with E-state index in [9.17, 15) is 9.59 Å². The lowest BCUT2D eigenvalue weighted by Crippen LogP contribution is -2.56. The first kappa shape index (κ1) is 24.2. The number of halogens is 3. The average molecular weight is 619 g/mol. The minimum absolute atomic E-state index is 0.124. The van der Waals surface area contributed by atoms with Crippen LogP contribution in [0.1, 0.15) is 35.1 Å². The molecule has 1 saturated heterocycles. The van der Waals surface area contributed by atoms with Gasteiger partial charge in [-0.25, -0.2) is 0 Å². The van der Waals surface area contributed by atoms with E-state index in [-0.39, 0.29) is 24.8 Å². The van der Waals surface area contributed by atoms with Gasteiger partial charge in [-0.2, -0.15) is 0 Å². The minimum Gasteiger partial charge on any atom is -0.489 e. The van der Waals surface area contributed by atoms with Crippen LogP contribution in [-0.4, -0.2) is 18.4 Å². The molecule has 5 nitrogen and oxygen atoms in total. The van der Waals surface area contributed by atoms with Crippen molar-refractivity contribution >= 4 is 63.3 Å². The summed E-state index contributed by atoms with van der Waals surface area (Å²) in [4.78, 5) is 27.3. The molecule has 2 aliphatic heterocycles. The van der Waals surface area contributed by atoms with Crippen LogP contribution in [0.25, 0.3) is 0 Å². The van der Waals surface area contributed by atoms with Gasteiger partial charge in [-0.05, 0) is 76.2 Å². The van der Waals surface area contributed by atoms with Crippen LogP contribution in [0.15, 0.2) is 73.3 Å². The van der Waals surface area contributed by atoms with Crippen molar-refractivity contribution in [3.8, 4) is 5.75 Å². The Bertz CT molecular complexity index is 1360. The second-order valence-corrected chi connectivity index (χ2v) is 10.7. The van der Waals surface area contributed by atoms with E-state index in [4.69, 9.17) is 27.9 Å². The lowest BCUT2D eigenvalue weighted by Gasteiger charge is -2.46. The first-order chi connectivity index (χ1) is 16.8. The highest BCUT2D eigenvalue weighted by molar-refractivity contribution is 14.1. The van der Waals surface area contributed by atoms with Crippen molar-refractivity contribution in [1.82, 2.24) is 5.32 Å². The Morgan fingerprint density at radius 3 is 2.66 bits per heavy atom. The molecule has 2 aliphatic rings. The number of hydrogen-bond donors (Lipinski definition) is 2. The Hall–Kier alpha value is -2.55. The summed E-state index contributed by atoms with van der Waals surface area (Å²) in [7, 11) is 0. The van der Waals surface area contributed by atoms with Crippen molar-refractivity contribution < 1.29 is 14.3 Å². The van der Waals surface area contributed by atoms with Crippen molar-refractivity contribution in [1.29, 1.82) is 0 Å². The number of nitrogens with one attached hydrogen (secondary N) is 2. The van der Waals surface area contributed by atoms with Gasteiger partial charge in [-0.15, -0.1) is 0 Å². The molecule has 0 aliphatic carbocycles. The summed E-state index contributed by atoms with van der Waals surface area (Å²) in [6.07, 6.45) is 1.78. The summed E-state index contributed by atoms with van der Waals surface area (Å²) in [6.45, 7) is 4.03. The normalized spacial score (nSPS) is 22.9. The molecule has 2 N–H and O–H groups in total. The van der Waals surface area contributed by atoms with Gasteiger partial charge in [0.1, 0.15) is 17.8 Å². The van der Waals surface area contributed by atoms with E-state index in [1.54, 1.807) is 24.3 Å². The fraction of sp³-hybridized carbons (Fsp3) is 0.185. The summed E-state index contributed by atoms with van der Waals surface area (Å²) < 4.78 is 6.94. The van der Waals surface area contributed by atoms with Crippen molar-refractivity contribution in [2.45, 2.75) is 23.8 Å². The van der Waals surface area contributed by atoms with E-state index < -0.39 is 17.4 Å². The molecular formula is C27H21Cl2IN2O3. The molecule has 2 heterocycles. The topological polar surface area (TPSA) is 67.4 Å². The van der Waals surface area contributed by atoms with Gasteiger partial charge in [0, 0.05) is 37.2 Å². The van der Waals surface area contributed by atoms with Gasteiger partial charge in [-0.1, -0.05) is 54.1 Å². The Morgan fingerprint density at radius 2 is 1.89 bits per heavy atom. The van der Waals surface area contributed by atoms with Crippen LogP contribution >= 0.6 is 45.8 Å². The number of piperidine rings is 1. The molecule has 5 rings (SSSR count). The highest BCUT2D eigenvalue weighted by Gasteiger charge is 2.61. The van der Waals surface area contributed by atoms with Crippen LogP contribution in [0, 0.1) is 3.57 Å². The second-order valence-electron chi connectivity index (χ2n) is 8.61. The van der Waals surface area contributed by atoms with Gasteiger partial charge in [0.2, 0.25) is 11.8 Å². The van der Waals surface area contributed by atoms with E-state index in [0.29, 0.717) is 21.5 Å². The SMILES string of the molecule is C=CCOc1ccc(I)cc1[C@H]1NC(=O)C[C@@H](c2cccc(Cl)c2)[C@]12C(=O)Nc1cc(Cl)ccc12. The van der Waals surface area contributed by atoms with Crippen molar-refractivity contribution in [2.24, 2.45) is 0 Å². The molecule has 0 radical (unpaired) electrons. The molecule has 1 spiro atoms. The zero-order valence-corrected chi connectivity index (χ0v) is 22.2. The monoisotopic (exact) mass is 618 g/mol. The molecule has 8 heteroatoms. The number of carbonyl (C=O) groups excluding carboxylic acids is 2. The van der Waals surface area contributed by atoms with E-state index in [0.717, 1.165) is 20.3 Å². The summed E-state index contributed by atoms with van der Waals surface area (Å²) in [5, 5.41) is 7.23. The number of hydrogen-bond acceptors (Lipinski definition) is 3. The molecule has 1 fully saturated rings. The lowest BCUT2D eigenvalue weighted by atomic mass is 9.59. The highest BCUT2D eigenvalue weighted by atomic mass is 127. The highest BCUT2D eigenvalue weighted by Crippen LogP contribution is 2.58. The second kappa shape index (κ2) is 9.48. The van der Waals surface area contributed by atoms with Crippen molar-refractivity contribution in [3.63, 3.8) is 0 Å². The van der Waals surface area contributed by atoms with Crippen LogP contribution in [0.4, 0.5) is 5.69 Å². The van der Waals surface area contributed by atoms with Gasteiger partial charge in [0.15, 0.2) is 0 Å². The third kappa shape index (κ3) is 4.11. The smallest absolute Gasteiger partial charge is 0.238 e. The maximum absolute atomic E-state index is 14.1. The molecule has 0 saturated carbocycles. The van der Waals surface area contributed by atoms with Gasteiger partial charge in [0.05, 0.1) is 6.04 Å². The summed E-state index contributed by atoms with van der Waals surface area (Å²) in [5.74, 6) is -0.267. The third-order valence-electron chi connectivity index (χ3n) is 6.64. The van der Waals surface area contributed by atoms with Crippen LogP contribution in [0.3, 0.4) is 0 Å². The lowest BCUT2D eigenvalue weighted by molar-refractivity contribution is -0.131. The molecule has 35 heavy (non-hydrogen) atoms. The Kier molecular flexibility index (Phi) is 6.55. The minimum atomic E-state index is -1.16. The molecule has 3 aromatic carbocycles. The first-order valence-corrected chi connectivity index (χ1v) is 12.9. The van der Waals surface area contributed by atoms with Gasteiger partial charge >= 0.3 is 0 Å². The first-order valence-electron chi connectivity index (χ1n) is 11.0. The van der Waals surface area contributed by atoms with E-state index >= 15 is 0 Å². The molecular weight excluding hydrogens is 598 g/mol. The van der Waals surface area contributed by atoms with Crippen molar-refractivity contribution in [2.75, 3.05) is 11.9 Å². The summed E-state index contributed by atoms with van der Waals surface area (Å²) >= 11 is 14.9. The molecule has 0 bridgehead atoms. The Balaban J connectivity index is 1.81. The number of rotatable bonds is 5. The maximum Gasteiger partial charge on any atom is 0.238 e. The molecule has 0 aromatic heterocycles. The van der Waals surface area contributed by atoms with Crippen LogP contribution in [-0.2, 0) is 15.0 Å². The summed E-state index contributed by atoms with van der Waals surface area (Å²) in [5.41, 5.74) is 1.78. The van der Waals surface area contributed by atoms with Crippen LogP contribution in [0.5, 0.6) is 5.75 Å². The fourth-order valence-electron chi connectivity index (χ4n) is 5.29. The fourth-order valence-corrected chi connectivity index (χ4v) is 6.18. The van der Waals surface area contributed by atoms with Crippen molar-refractivity contribution in [3.05, 3.63) is 104 Å². The Labute approximate surface area is 227 Å². The van der Waals surface area contributed by atoms with Gasteiger partial charge in [0.25, 0.3) is 0 Å². The predicted octanol–water partition coefficient (Wildman–Crippen LogP) is 6.40.